The van der Waals surface area contributed by atoms with Crippen molar-refractivity contribution >= 4 is 27.8 Å². The number of halogens is 1. The first kappa shape index (κ1) is 22.6. The van der Waals surface area contributed by atoms with Gasteiger partial charge in [0.2, 0.25) is 0 Å². The molecular weight excluding hydrogens is 481 g/mol. The quantitative estimate of drug-likeness (QED) is 0.234. The number of nitrogens with one attached hydrogen (secondary N) is 3. The number of hydrogen-bond acceptors (Lipinski definition) is 6. The van der Waals surface area contributed by atoms with Gasteiger partial charge in [0, 0.05) is 34.5 Å². The highest BCUT2D eigenvalue weighted by molar-refractivity contribution is 5.97. The van der Waals surface area contributed by atoms with Crippen molar-refractivity contribution in [3.05, 3.63) is 79.0 Å². The van der Waals surface area contributed by atoms with E-state index in [9.17, 15) is 4.39 Å². The SMILES string of the molecule is CC(C)C1OC1Nc1cncc(-c2ccc3[nH]nc(-c4nc5nccc(-c6ccccc6F)c5[nH]4)c3c2)c1. The summed E-state index contributed by atoms with van der Waals surface area (Å²) < 4.78 is 20.3. The average molecular weight is 506 g/mol. The molecule has 3 N–H and O–H groups in total. The molecule has 2 unspecified atom stereocenters. The predicted octanol–water partition coefficient (Wildman–Crippen LogP) is 6.16. The van der Waals surface area contributed by atoms with Crippen molar-refractivity contribution in [1.82, 2.24) is 30.1 Å². The Morgan fingerprint density at radius 2 is 1.89 bits per heavy atom. The lowest BCUT2D eigenvalue weighted by atomic mass is 10.0. The number of anilines is 1. The number of imidazole rings is 1. The fourth-order valence-electron chi connectivity index (χ4n) is 4.89. The maximum Gasteiger partial charge on any atom is 0.178 e. The molecule has 1 fully saturated rings. The third-order valence-electron chi connectivity index (χ3n) is 6.91. The van der Waals surface area contributed by atoms with E-state index in [2.05, 4.69) is 56.4 Å². The molecule has 4 aromatic heterocycles. The van der Waals surface area contributed by atoms with Gasteiger partial charge in [0.05, 0.1) is 22.9 Å². The van der Waals surface area contributed by atoms with E-state index in [1.165, 1.54) is 6.07 Å². The van der Waals surface area contributed by atoms with E-state index in [0.29, 0.717) is 39.7 Å². The van der Waals surface area contributed by atoms with E-state index < -0.39 is 0 Å². The number of aromatic nitrogens is 6. The van der Waals surface area contributed by atoms with Crippen LogP contribution in [-0.2, 0) is 4.74 Å². The number of H-pyrrole nitrogens is 2. The molecule has 7 rings (SSSR count). The van der Waals surface area contributed by atoms with Crippen LogP contribution in [0.15, 0.2) is 73.2 Å². The number of fused-ring (bicyclic) bond motifs is 2. The molecule has 2 atom stereocenters. The lowest BCUT2D eigenvalue weighted by molar-refractivity contribution is 0.341. The molecule has 0 spiro atoms. The summed E-state index contributed by atoms with van der Waals surface area (Å²) in [4.78, 5) is 16.9. The van der Waals surface area contributed by atoms with Gasteiger partial charge in [0.15, 0.2) is 17.7 Å². The molecule has 0 amide bonds. The van der Waals surface area contributed by atoms with Crippen molar-refractivity contribution in [2.24, 2.45) is 5.92 Å². The van der Waals surface area contributed by atoms with Gasteiger partial charge in [-0.05, 0) is 41.8 Å². The summed E-state index contributed by atoms with van der Waals surface area (Å²) in [5.41, 5.74) is 6.75. The van der Waals surface area contributed by atoms with E-state index in [1.54, 1.807) is 30.6 Å². The first-order valence-corrected chi connectivity index (χ1v) is 12.5. The average Bonchev–Trinajstić information content (AvgIpc) is 3.36. The highest BCUT2D eigenvalue weighted by Gasteiger charge is 2.41. The molecule has 2 aromatic carbocycles. The molecule has 8 nitrogen and oxygen atoms in total. The summed E-state index contributed by atoms with van der Waals surface area (Å²) in [5, 5.41) is 11.9. The monoisotopic (exact) mass is 505 g/mol. The Morgan fingerprint density at radius 3 is 2.74 bits per heavy atom. The van der Waals surface area contributed by atoms with E-state index in [1.807, 2.05) is 24.4 Å². The highest BCUT2D eigenvalue weighted by atomic mass is 19.1. The Kier molecular flexibility index (Phi) is 5.19. The van der Waals surface area contributed by atoms with Crippen molar-refractivity contribution < 1.29 is 9.13 Å². The van der Waals surface area contributed by atoms with Crippen molar-refractivity contribution in [2.45, 2.75) is 26.2 Å². The minimum Gasteiger partial charge on any atom is -0.357 e. The summed E-state index contributed by atoms with van der Waals surface area (Å²) in [7, 11) is 0. The van der Waals surface area contributed by atoms with Crippen LogP contribution in [0.25, 0.3) is 55.8 Å². The van der Waals surface area contributed by atoms with Gasteiger partial charge in [-0.25, -0.2) is 14.4 Å². The minimum atomic E-state index is -0.302. The molecule has 5 heterocycles. The second kappa shape index (κ2) is 8.74. The van der Waals surface area contributed by atoms with Gasteiger partial charge in [-0.1, -0.05) is 38.1 Å². The topological polar surface area (TPSA) is 108 Å². The molecule has 1 aliphatic rings. The maximum atomic E-state index is 14.6. The van der Waals surface area contributed by atoms with Crippen LogP contribution in [0.5, 0.6) is 0 Å². The molecular formula is C29H24FN7O. The molecule has 0 aliphatic carbocycles. The first-order chi connectivity index (χ1) is 18.5. The van der Waals surface area contributed by atoms with Crippen LogP contribution in [0.1, 0.15) is 13.8 Å². The second-order valence-electron chi connectivity index (χ2n) is 9.83. The molecule has 38 heavy (non-hydrogen) atoms. The zero-order valence-electron chi connectivity index (χ0n) is 20.7. The standard InChI is InChI=1S/C29H24FN7O/c1-15(2)26-29(38-26)33-18-11-17(13-31-14-18)16-7-8-23-21(12-16)25(37-36-23)28-34-24-20(9-10-32-27(24)35-28)19-5-3-4-6-22(19)30/h3-15,26,29,33H,1-2H3,(H,36,37)(H,32,34,35). The summed E-state index contributed by atoms with van der Waals surface area (Å²) in [6, 6.07) is 16.6. The van der Waals surface area contributed by atoms with Crippen molar-refractivity contribution in [2.75, 3.05) is 5.32 Å². The number of ether oxygens (including phenoxy) is 1. The highest BCUT2D eigenvalue weighted by Crippen LogP contribution is 2.34. The molecule has 0 saturated carbocycles. The van der Waals surface area contributed by atoms with Crippen molar-refractivity contribution in [1.29, 1.82) is 0 Å². The molecule has 188 valence electrons. The Bertz CT molecular complexity index is 1810. The molecule has 9 heteroatoms. The summed E-state index contributed by atoms with van der Waals surface area (Å²) >= 11 is 0. The number of benzene rings is 2. The maximum absolute atomic E-state index is 14.6. The van der Waals surface area contributed by atoms with Crippen molar-refractivity contribution in [3.8, 4) is 33.8 Å². The molecule has 0 bridgehead atoms. The van der Waals surface area contributed by atoms with Crippen LogP contribution in [0.4, 0.5) is 10.1 Å². The minimum absolute atomic E-state index is 0.0194. The van der Waals surface area contributed by atoms with Gasteiger partial charge in [0.1, 0.15) is 17.6 Å². The van der Waals surface area contributed by atoms with Crippen LogP contribution in [0.2, 0.25) is 0 Å². The fraction of sp³-hybridized carbons (Fsp3) is 0.172. The van der Waals surface area contributed by atoms with Gasteiger partial charge < -0.3 is 15.0 Å². The molecule has 6 aromatic rings. The smallest absolute Gasteiger partial charge is 0.178 e. The van der Waals surface area contributed by atoms with Crippen LogP contribution < -0.4 is 5.32 Å². The molecule has 0 radical (unpaired) electrons. The number of aromatic amines is 2. The second-order valence-corrected chi connectivity index (χ2v) is 9.83. The third-order valence-corrected chi connectivity index (χ3v) is 6.91. The number of hydrogen-bond donors (Lipinski definition) is 3. The largest absolute Gasteiger partial charge is 0.357 e. The van der Waals surface area contributed by atoms with Crippen molar-refractivity contribution in [3.63, 3.8) is 0 Å². The Labute approximate surface area is 217 Å². The number of epoxide rings is 1. The van der Waals surface area contributed by atoms with Crippen LogP contribution in [0, 0.1) is 11.7 Å². The van der Waals surface area contributed by atoms with E-state index in [-0.39, 0.29) is 18.1 Å². The summed E-state index contributed by atoms with van der Waals surface area (Å²) in [5.74, 6) is 0.713. The fourth-order valence-corrected chi connectivity index (χ4v) is 4.89. The zero-order valence-corrected chi connectivity index (χ0v) is 20.7. The van der Waals surface area contributed by atoms with Crippen LogP contribution in [0.3, 0.4) is 0 Å². The lowest BCUT2D eigenvalue weighted by Gasteiger charge is -2.07. The lowest BCUT2D eigenvalue weighted by Crippen LogP contribution is -2.11. The first-order valence-electron chi connectivity index (χ1n) is 12.5. The van der Waals surface area contributed by atoms with Gasteiger partial charge >= 0.3 is 0 Å². The zero-order chi connectivity index (χ0) is 25.8. The number of nitrogens with zero attached hydrogens (tertiary/aromatic N) is 4. The van der Waals surface area contributed by atoms with E-state index in [4.69, 9.17) is 9.72 Å². The summed E-state index contributed by atoms with van der Waals surface area (Å²) in [6.45, 7) is 4.30. The van der Waals surface area contributed by atoms with E-state index in [0.717, 1.165) is 27.7 Å². The summed E-state index contributed by atoms with van der Waals surface area (Å²) in [6.07, 6.45) is 5.52. The Hall–Kier alpha value is -4.63. The number of pyridine rings is 2. The van der Waals surface area contributed by atoms with Gasteiger partial charge in [-0.2, -0.15) is 5.10 Å². The van der Waals surface area contributed by atoms with Gasteiger partial charge in [-0.3, -0.25) is 10.1 Å². The normalized spacial score (nSPS) is 16.9. The van der Waals surface area contributed by atoms with E-state index >= 15 is 0 Å². The van der Waals surface area contributed by atoms with Gasteiger partial charge in [0.25, 0.3) is 0 Å². The van der Waals surface area contributed by atoms with Crippen LogP contribution in [-0.4, -0.2) is 42.5 Å². The number of rotatable bonds is 6. The van der Waals surface area contributed by atoms with Crippen LogP contribution >= 0.6 is 0 Å². The predicted molar refractivity (Wildman–Crippen MR) is 145 cm³/mol. The molecule has 1 aliphatic heterocycles. The Morgan fingerprint density at radius 1 is 1.00 bits per heavy atom. The van der Waals surface area contributed by atoms with Gasteiger partial charge in [-0.15, -0.1) is 0 Å². The molecule has 1 saturated heterocycles. The Balaban J connectivity index is 1.26. The third kappa shape index (κ3) is 3.88.